The summed E-state index contributed by atoms with van der Waals surface area (Å²) in [6.07, 6.45) is 3.35. The van der Waals surface area contributed by atoms with Crippen LogP contribution in [0.1, 0.15) is 44.0 Å². The number of hydrogen-bond donors (Lipinski definition) is 2. The summed E-state index contributed by atoms with van der Waals surface area (Å²) >= 11 is 0. The molecule has 2 rings (SSSR count). The third-order valence-corrected chi connectivity index (χ3v) is 4.42. The summed E-state index contributed by atoms with van der Waals surface area (Å²) in [5, 5.41) is 12.7. The molecule has 0 aliphatic carbocycles. The minimum Gasteiger partial charge on any atom is -0.467 e. The first-order valence-corrected chi connectivity index (χ1v) is 8.87. The van der Waals surface area contributed by atoms with E-state index in [2.05, 4.69) is 5.32 Å². The Kier molecular flexibility index (Phi) is 6.42. The van der Waals surface area contributed by atoms with Crippen molar-refractivity contribution in [2.45, 2.75) is 46.2 Å². The van der Waals surface area contributed by atoms with Crippen molar-refractivity contribution in [3.8, 4) is 0 Å². The number of carbonyl (C=O) groups excluding carboxylic acids is 2. The van der Waals surface area contributed by atoms with Crippen LogP contribution in [0.25, 0.3) is 10.9 Å². The number of hydrogen-bond acceptors (Lipinski definition) is 4. The SMILES string of the molecule is COC(=O)C(NC(=O)c1cn(CCCCO)c2ccccc12)C(C)(C)C. The van der Waals surface area contributed by atoms with E-state index in [4.69, 9.17) is 9.84 Å². The van der Waals surface area contributed by atoms with Crippen LogP contribution in [-0.2, 0) is 16.1 Å². The number of carbonyl (C=O) groups is 2. The van der Waals surface area contributed by atoms with Gasteiger partial charge in [0.2, 0.25) is 0 Å². The molecule has 26 heavy (non-hydrogen) atoms. The van der Waals surface area contributed by atoms with Gasteiger partial charge in [0.15, 0.2) is 0 Å². The molecule has 142 valence electrons. The van der Waals surface area contributed by atoms with E-state index >= 15 is 0 Å². The molecule has 0 spiro atoms. The van der Waals surface area contributed by atoms with Gasteiger partial charge in [0, 0.05) is 30.3 Å². The van der Waals surface area contributed by atoms with Crippen molar-refractivity contribution in [1.82, 2.24) is 9.88 Å². The van der Waals surface area contributed by atoms with Crippen molar-refractivity contribution < 1.29 is 19.4 Å². The molecule has 1 unspecified atom stereocenters. The fraction of sp³-hybridized carbons (Fsp3) is 0.500. The van der Waals surface area contributed by atoms with Crippen LogP contribution in [0.15, 0.2) is 30.5 Å². The monoisotopic (exact) mass is 360 g/mol. The third kappa shape index (κ3) is 4.43. The molecule has 6 heteroatoms. The second kappa shape index (κ2) is 8.36. The number of aryl methyl sites for hydroxylation is 1. The zero-order valence-corrected chi connectivity index (χ0v) is 15.9. The number of ether oxygens (including phenoxy) is 1. The minimum absolute atomic E-state index is 0.152. The highest BCUT2D eigenvalue weighted by Crippen LogP contribution is 2.24. The van der Waals surface area contributed by atoms with Gasteiger partial charge >= 0.3 is 5.97 Å². The van der Waals surface area contributed by atoms with Crippen LogP contribution in [0.2, 0.25) is 0 Å². The molecule has 0 aliphatic rings. The van der Waals surface area contributed by atoms with Gasteiger partial charge < -0.3 is 19.7 Å². The van der Waals surface area contributed by atoms with Gasteiger partial charge in [-0.15, -0.1) is 0 Å². The zero-order valence-electron chi connectivity index (χ0n) is 15.9. The topological polar surface area (TPSA) is 80.6 Å². The number of benzene rings is 1. The predicted molar refractivity (Wildman–Crippen MR) is 101 cm³/mol. The quantitative estimate of drug-likeness (QED) is 0.588. The molecule has 0 fully saturated rings. The highest BCUT2D eigenvalue weighted by Gasteiger charge is 2.34. The standard InChI is InChI=1S/C20H28N2O4/c1-20(2,3)17(19(25)26-4)21-18(24)15-13-22(11-7-8-12-23)16-10-6-5-9-14(15)16/h5-6,9-10,13,17,23H,7-8,11-12H2,1-4H3,(H,21,24). The number of methoxy groups -OCH3 is 1. The number of aliphatic hydroxyl groups is 1. The van der Waals surface area contributed by atoms with E-state index in [-0.39, 0.29) is 12.5 Å². The molecule has 0 aliphatic heterocycles. The van der Waals surface area contributed by atoms with E-state index in [1.54, 1.807) is 0 Å². The second-order valence-electron chi connectivity index (χ2n) is 7.48. The lowest BCUT2D eigenvalue weighted by atomic mass is 9.86. The lowest BCUT2D eigenvalue weighted by molar-refractivity contribution is -0.145. The van der Waals surface area contributed by atoms with E-state index in [1.165, 1.54) is 7.11 Å². The number of nitrogens with zero attached hydrogens (tertiary/aromatic N) is 1. The Balaban J connectivity index is 2.33. The van der Waals surface area contributed by atoms with E-state index in [1.807, 2.05) is 55.8 Å². The predicted octanol–water partition coefficient (Wildman–Crippen LogP) is 2.73. The largest absolute Gasteiger partial charge is 0.467 e. The first kappa shape index (κ1) is 20.0. The molecule has 2 N–H and O–H groups in total. The molecule has 1 atom stereocenters. The number of para-hydroxylation sites is 1. The average molecular weight is 360 g/mol. The van der Waals surface area contributed by atoms with Gasteiger partial charge in [-0.2, -0.15) is 0 Å². The number of aromatic nitrogens is 1. The smallest absolute Gasteiger partial charge is 0.328 e. The molecule has 0 bridgehead atoms. The summed E-state index contributed by atoms with van der Waals surface area (Å²) in [4.78, 5) is 25.0. The first-order chi connectivity index (χ1) is 12.3. The lowest BCUT2D eigenvalue weighted by Crippen LogP contribution is -2.49. The second-order valence-corrected chi connectivity index (χ2v) is 7.48. The number of amides is 1. The Labute approximate surface area is 154 Å². The van der Waals surface area contributed by atoms with Gasteiger partial charge in [-0.3, -0.25) is 4.79 Å². The summed E-state index contributed by atoms with van der Waals surface area (Å²) in [6.45, 7) is 6.51. The number of fused-ring (bicyclic) bond motifs is 1. The van der Waals surface area contributed by atoms with Crippen molar-refractivity contribution in [2.75, 3.05) is 13.7 Å². The molecule has 0 saturated carbocycles. The Bertz CT molecular complexity index is 774. The maximum Gasteiger partial charge on any atom is 0.328 e. The Morgan fingerprint density at radius 1 is 1.23 bits per heavy atom. The van der Waals surface area contributed by atoms with E-state index < -0.39 is 17.4 Å². The van der Waals surface area contributed by atoms with Crippen molar-refractivity contribution in [1.29, 1.82) is 0 Å². The number of unbranched alkanes of at least 4 members (excludes halogenated alkanes) is 1. The van der Waals surface area contributed by atoms with Crippen molar-refractivity contribution in [2.24, 2.45) is 5.41 Å². The molecule has 0 saturated heterocycles. The molecular formula is C20H28N2O4. The lowest BCUT2D eigenvalue weighted by Gasteiger charge is -2.28. The normalized spacial score (nSPS) is 12.8. The molecule has 0 radical (unpaired) electrons. The van der Waals surface area contributed by atoms with Crippen LogP contribution >= 0.6 is 0 Å². The number of aliphatic hydroxyl groups excluding tert-OH is 1. The molecule has 2 aromatic rings. The van der Waals surface area contributed by atoms with E-state index in [0.717, 1.165) is 17.3 Å². The maximum atomic E-state index is 12.9. The molecule has 1 amide bonds. The highest BCUT2D eigenvalue weighted by atomic mass is 16.5. The molecule has 1 aromatic carbocycles. The minimum atomic E-state index is -0.739. The van der Waals surface area contributed by atoms with Crippen LogP contribution in [0.5, 0.6) is 0 Å². The molecule has 6 nitrogen and oxygen atoms in total. The summed E-state index contributed by atoms with van der Waals surface area (Å²) in [6, 6.07) is 6.94. The van der Waals surface area contributed by atoms with Crippen LogP contribution in [0.4, 0.5) is 0 Å². The molecule has 1 aromatic heterocycles. The van der Waals surface area contributed by atoms with Crippen LogP contribution in [0, 0.1) is 5.41 Å². The maximum absolute atomic E-state index is 12.9. The number of rotatable bonds is 7. The first-order valence-electron chi connectivity index (χ1n) is 8.87. The Morgan fingerprint density at radius 3 is 2.54 bits per heavy atom. The number of esters is 1. The number of nitrogens with one attached hydrogen (secondary N) is 1. The van der Waals surface area contributed by atoms with E-state index in [0.29, 0.717) is 18.5 Å². The highest BCUT2D eigenvalue weighted by molar-refractivity contribution is 6.08. The van der Waals surface area contributed by atoms with Crippen molar-refractivity contribution in [3.05, 3.63) is 36.0 Å². The Hall–Kier alpha value is -2.34. The fourth-order valence-electron chi connectivity index (χ4n) is 2.96. The Morgan fingerprint density at radius 2 is 1.92 bits per heavy atom. The van der Waals surface area contributed by atoms with Crippen molar-refractivity contribution in [3.63, 3.8) is 0 Å². The third-order valence-electron chi connectivity index (χ3n) is 4.42. The summed E-state index contributed by atoms with van der Waals surface area (Å²) in [5.41, 5.74) is 1.02. The van der Waals surface area contributed by atoms with Gasteiger partial charge in [-0.25, -0.2) is 4.79 Å². The van der Waals surface area contributed by atoms with Crippen molar-refractivity contribution >= 4 is 22.8 Å². The summed E-state index contributed by atoms with van der Waals surface area (Å²) in [7, 11) is 1.32. The average Bonchev–Trinajstić information content (AvgIpc) is 2.97. The van der Waals surface area contributed by atoms with E-state index in [9.17, 15) is 9.59 Å². The molecule has 1 heterocycles. The zero-order chi connectivity index (χ0) is 19.3. The van der Waals surface area contributed by atoms with Crippen LogP contribution in [-0.4, -0.2) is 41.3 Å². The van der Waals surface area contributed by atoms with Gasteiger partial charge in [0.1, 0.15) is 6.04 Å². The van der Waals surface area contributed by atoms with Gasteiger partial charge in [0.05, 0.1) is 12.7 Å². The van der Waals surface area contributed by atoms with Gasteiger partial charge in [-0.1, -0.05) is 39.0 Å². The van der Waals surface area contributed by atoms with Gasteiger partial charge in [-0.05, 0) is 24.3 Å². The summed E-state index contributed by atoms with van der Waals surface area (Å²) in [5.74, 6) is -0.759. The van der Waals surface area contributed by atoms with Gasteiger partial charge in [0.25, 0.3) is 5.91 Å². The van der Waals surface area contributed by atoms with Crippen LogP contribution < -0.4 is 5.32 Å². The molecular weight excluding hydrogens is 332 g/mol. The summed E-state index contributed by atoms with van der Waals surface area (Å²) < 4.78 is 6.87. The fourth-order valence-corrected chi connectivity index (χ4v) is 2.96. The van der Waals surface area contributed by atoms with Crippen LogP contribution in [0.3, 0.4) is 0 Å².